The van der Waals surface area contributed by atoms with Gasteiger partial charge in [0.2, 0.25) is 0 Å². The van der Waals surface area contributed by atoms with Crippen LogP contribution >= 0.6 is 11.6 Å². The molecule has 1 aliphatic rings. The highest BCUT2D eigenvalue weighted by Crippen LogP contribution is 2.37. The second-order valence-corrected chi connectivity index (χ2v) is 5.29. The van der Waals surface area contributed by atoms with Gasteiger partial charge in [-0.15, -0.1) is 0 Å². The van der Waals surface area contributed by atoms with Gasteiger partial charge >= 0.3 is 12.1 Å². The number of hydrogen-bond acceptors (Lipinski definition) is 2. The van der Waals surface area contributed by atoms with Crippen LogP contribution in [0.2, 0.25) is 5.02 Å². The number of carbonyl (C=O) groups is 1. The second kappa shape index (κ2) is 5.69. The van der Waals surface area contributed by atoms with Gasteiger partial charge in [0.05, 0.1) is 12.1 Å². The van der Waals surface area contributed by atoms with E-state index in [2.05, 4.69) is 0 Å². The summed E-state index contributed by atoms with van der Waals surface area (Å²) in [5, 5.41) is 10.1. The van der Waals surface area contributed by atoms with E-state index in [1.807, 2.05) is 0 Å². The highest BCUT2D eigenvalue weighted by molar-refractivity contribution is 6.30. The first-order valence-corrected chi connectivity index (χ1v) is 6.60. The van der Waals surface area contributed by atoms with Gasteiger partial charge in [-0.1, -0.05) is 23.7 Å². The molecule has 2 rings (SSSR count). The zero-order valence-corrected chi connectivity index (χ0v) is 11.8. The van der Waals surface area contributed by atoms with Gasteiger partial charge in [0.15, 0.2) is 0 Å². The first-order chi connectivity index (χ1) is 9.70. The molecule has 2 atom stereocenters. The minimum atomic E-state index is -4.98. The summed E-state index contributed by atoms with van der Waals surface area (Å²) in [6.45, 7) is 1.36. The van der Waals surface area contributed by atoms with Crippen LogP contribution in [0.4, 0.5) is 13.2 Å². The van der Waals surface area contributed by atoms with E-state index < -0.39 is 24.2 Å². The maximum absolute atomic E-state index is 12.8. The Morgan fingerprint density at radius 1 is 1.43 bits per heavy atom. The lowest BCUT2D eigenvalue weighted by atomic mass is 9.94. The Morgan fingerprint density at radius 3 is 2.67 bits per heavy atom. The Kier molecular flexibility index (Phi) is 4.30. The molecule has 0 unspecified atom stereocenters. The Balaban J connectivity index is 2.46. The van der Waals surface area contributed by atoms with Gasteiger partial charge in [-0.05, 0) is 30.7 Å². The molecule has 1 amide bonds. The fourth-order valence-corrected chi connectivity index (χ4v) is 2.64. The predicted molar refractivity (Wildman–Crippen MR) is 71.5 cm³/mol. The van der Waals surface area contributed by atoms with Gasteiger partial charge in [-0.2, -0.15) is 13.2 Å². The topological polar surface area (TPSA) is 40.5 Å². The summed E-state index contributed by atoms with van der Waals surface area (Å²) in [4.78, 5) is 12.3. The Labute approximate surface area is 124 Å². The number of halogens is 4. The number of carbonyl (C=O) groups excluding carboxylic acids is 1. The largest absolute Gasteiger partial charge is 0.471 e. The van der Waals surface area contributed by atoms with Gasteiger partial charge < -0.3 is 10.0 Å². The van der Waals surface area contributed by atoms with Crippen molar-refractivity contribution >= 4 is 17.5 Å². The number of allylic oxidation sites excluding steroid dienone is 1. The van der Waals surface area contributed by atoms with Gasteiger partial charge in [-0.25, -0.2) is 0 Å². The molecule has 0 spiro atoms. The lowest BCUT2D eigenvalue weighted by molar-refractivity contribution is -0.186. The van der Waals surface area contributed by atoms with E-state index in [-0.39, 0.29) is 12.1 Å². The molecule has 0 bridgehead atoms. The predicted octanol–water partition coefficient (Wildman–Crippen LogP) is 3.44. The molecule has 0 fully saturated rings. The zero-order valence-electron chi connectivity index (χ0n) is 11.1. The van der Waals surface area contributed by atoms with Crippen LogP contribution in [-0.4, -0.2) is 28.2 Å². The van der Waals surface area contributed by atoms with Crippen LogP contribution < -0.4 is 0 Å². The van der Waals surface area contributed by atoms with E-state index in [1.54, 1.807) is 18.2 Å². The average Bonchev–Trinajstić information content (AvgIpc) is 2.36. The molecule has 21 heavy (non-hydrogen) atoms. The van der Waals surface area contributed by atoms with Crippen molar-refractivity contribution in [2.45, 2.75) is 31.7 Å². The highest BCUT2D eigenvalue weighted by atomic mass is 35.5. The number of nitrogens with zero attached hydrogens (tertiary/aromatic N) is 1. The van der Waals surface area contributed by atoms with E-state index >= 15 is 0 Å². The summed E-state index contributed by atoms with van der Waals surface area (Å²) in [6, 6.07) is 5.35. The van der Waals surface area contributed by atoms with Crippen molar-refractivity contribution in [1.82, 2.24) is 4.90 Å². The van der Waals surface area contributed by atoms with Crippen LogP contribution in [0.25, 0.3) is 0 Å². The zero-order chi connectivity index (χ0) is 15.8. The molecule has 0 saturated carbocycles. The number of benzene rings is 1. The van der Waals surface area contributed by atoms with E-state index in [1.165, 1.54) is 19.1 Å². The third kappa shape index (κ3) is 3.39. The van der Waals surface area contributed by atoms with Crippen molar-refractivity contribution in [2.24, 2.45) is 0 Å². The molecule has 1 N–H and O–H groups in total. The summed E-state index contributed by atoms with van der Waals surface area (Å²) in [7, 11) is 0. The van der Waals surface area contributed by atoms with Crippen molar-refractivity contribution in [3.63, 3.8) is 0 Å². The molecule has 0 aliphatic carbocycles. The quantitative estimate of drug-likeness (QED) is 0.861. The Bertz CT molecular complexity index is 586. The van der Waals surface area contributed by atoms with Crippen molar-refractivity contribution in [2.75, 3.05) is 0 Å². The highest BCUT2D eigenvalue weighted by Gasteiger charge is 2.46. The molecule has 7 heteroatoms. The van der Waals surface area contributed by atoms with E-state index in [0.717, 1.165) is 0 Å². The van der Waals surface area contributed by atoms with Crippen molar-refractivity contribution in [3.05, 3.63) is 46.6 Å². The summed E-state index contributed by atoms with van der Waals surface area (Å²) in [5.41, 5.74) is 0.521. The minimum Gasteiger partial charge on any atom is -0.389 e. The lowest BCUT2D eigenvalue weighted by Crippen LogP contribution is -2.45. The van der Waals surface area contributed by atoms with E-state index in [4.69, 9.17) is 11.6 Å². The third-order valence-electron chi connectivity index (χ3n) is 3.28. The minimum absolute atomic E-state index is 0.0144. The molecule has 1 aliphatic heterocycles. The molecule has 1 aromatic carbocycles. The first-order valence-electron chi connectivity index (χ1n) is 6.22. The fraction of sp³-hybridized carbons (Fsp3) is 0.357. The van der Waals surface area contributed by atoms with Crippen LogP contribution in [0, 0.1) is 0 Å². The maximum atomic E-state index is 12.8. The van der Waals surface area contributed by atoms with Crippen molar-refractivity contribution in [3.8, 4) is 0 Å². The van der Waals surface area contributed by atoms with Gasteiger partial charge in [0.1, 0.15) is 0 Å². The smallest absolute Gasteiger partial charge is 0.389 e. The van der Waals surface area contributed by atoms with E-state index in [9.17, 15) is 23.1 Å². The number of alkyl halides is 3. The van der Waals surface area contributed by atoms with Crippen molar-refractivity contribution in [1.29, 1.82) is 0 Å². The number of aliphatic hydroxyl groups is 1. The van der Waals surface area contributed by atoms with Gasteiger partial charge in [0.25, 0.3) is 0 Å². The van der Waals surface area contributed by atoms with Crippen LogP contribution in [0.1, 0.15) is 24.9 Å². The standard InChI is InChI=1S/C14H13ClF3NO2/c1-8-5-11(20)7-12(9-3-2-4-10(15)6-9)19(8)13(21)14(16,17)18/h2-6,11-12,20H,7H2,1H3/t11-,12-/m1/s1. The number of amides is 1. The number of aliphatic hydroxyl groups excluding tert-OH is 1. The molecular formula is C14H13ClF3NO2. The number of hydrogen-bond donors (Lipinski definition) is 1. The molecule has 0 radical (unpaired) electrons. The summed E-state index contributed by atoms with van der Waals surface area (Å²) < 4.78 is 38.3. The van der Waals surface area contributed by atoms with Gasteiger partial charge in [0, 0.05) is 17.1 Å². The summed E-state index contributed by atoms with van der Waals surface area (Å²) in [6.07, 6.45) is -4.66. The Hall–Kier alpha value is -1.53. The Morgan fingerprint density at radius 2 is 2.10 bits per heavy atom. The van der Waals surface area contributed by atoms with Crippen LogP contribution in [-0.2, 0) is 4.79 Å². The van der Waals surface area contributed by atoms with Crippen molar-refractivity contribution < 1.29 is 23.1 Å². The normalized spacial score (nSPS) is 23.0. The molecular weight excluding hydrogens is 307 g/mol. The third-order valence-corrected chi connectivity index (χ3v) is 3.52. The second-order valence-electron chi connectivity index (χ2n) is 4.85. The molecule has 1 heterocycles. The monoisotopic (exact) mass is 319 g/mol. The lowest BCUT2D eigenvalue weighted by Gasteiger charge is -2.37. The number of rotatable bonds is 1. The maximum Gasteiger partial charge on any atom is 0.471 e. The van der Waals surface area contributed by atoms with E-state index in [0.29, 0.717) is 15.5 Å². The summed E-state index contributed by atoms with van der Waals surface area (Å²) >= 11 is 5.85. The molecule has 0 aromatic heterocycles. The average molecular weight is 320 g/mol. The van der Waals surface area contributed by atoms with Gasteiger partial charge in [-0.3, -0.25) is 4.79 Å². The van der Waals surface area contributed by atoms with Crippen LogP contribution in [0.15, 0.2) is 36.0 Å². The van der Waals surface area contributed by atoms with Crippen LogP contribution in [0.3, 0.4) is 0 Å². The fourth-order valence-electron chi connectivity index (χ4n) is 2.44. The van der Waals surface area contributed by atoms with Crippen LogP contribution in [0.5, 0.6) is 0 Å². The summed E-state index contributed by atoms with van der Waals surface area (Å²) in [5.74, 6) is -1.95. The molecule has 114 valence electrons. The molecule has 1 aromatic rings. The first kappa shape index (κ1) is 15.9. The SMILES string of the molecule is CC1=C[C@@H](O)C[C@H](c2cccc(Cl)c2)N1C(=O)C(F)(F)F. The molecule has 3 nitrogen and oxygen atoms in total. The molecule has 0 saturated heterocycles.